The van der Waals surface area contributed by atoms with E-state index >= 15 is 0 Å². The van der Waals surface area contributed by atoms with Gasteiger partial charge in [-0.15, -0.1) is 0 Å². The Labute approximate surface area is 103 Å². The van der Waals surface area contributed by atoms with E-state index in [0.717, 1.165) is 11.1 Å². The maximum atomic E-state index is 9.96. The molecule has 0 fully saturated rings. The van der Waals surface area contributed by atoms with Crippen molar-refractivity contribution in [3.8, 4) is 16.9 Å². The fraction of sp³-hybridized carbons (Fsp3) is 0.250. The molecule has 17 heavy (non-hydrogen) atoms. The second-order valence-corrected chi connectivity index (χ2v) is 4.76. The Balaban J connectivity index is 2.65. The highest BCUT2D eigenvalue weighted by Gasteiger charge is 2.11. The van der Waals surface area contributed by atoms with Crippen molar-refractivity contribution in [2.24, 2.45) is 0 Å². The van der Waals surface area contributed by atoms with Gasteiger partial charge in [0.15, 0.2) is 0 Å². The maximum Gasteiger partial charge on any atom is 0.123 e. The van der Waals surface area contributed by atoms with Gasteiger partial charge in [0.2, 0.25) is 0 Å². The number of hydrogen-bond donors (Lipinski definition) is 1. The van der Waals surface area contributed by atoms with E-state index in [0.29, 0.717) is 11.7 Å². The van der Waals surface area contributed by atoms with Crippen LogP contribution in [0.25, 0.3) is 11.1 Å². The standard InChI is InChI=1S/C16H18O/c1-11(2)13-9-8-12(3)10-15(13)14-6-4-5-7-16(14)17/h4-11,17H,1-3H3. The lowest BCUT2D eigenvalue weighted by Gasteiger charge is -2.14. The van der Waals surface area contributed by atoms with Gasteiger partial charge in [-0.2, -0.15) is 0 Å². The summed E-state index contributed by atoms with van der Waals surface area (Å²) in [4.78, 5) is 0. The molecule has 0 radical (unpaired) electrons. The molecule has 0 aliphatic heterocycles. The lowest BCUT2D eigenvalue weighted by molar-refractivity contribution is 0.477. The number of para-hydroxylation sites is 1. The van der Waals surface area contributed by atoms with Crippen LogP contribution in [0.4, 0.5) is 0 Å². The molecule has 0 aliphatic rings. The van der Waals surface area contributed by atoms with E-state index in [4.69, 9.17) is 0 Å². The summed E-state index contributed by atoms with van der Waals surface area (Å²) in [5.74, 6) is 0.796. The monoisotopic (exact) mass is 226 g/mol. The zero-order chi connectivity index (χ0) is 12.4. The molecule has 88 valence electrons. The van der Waals surface area contributed by atoms with Crippen molar-refractivity contribution in [1.29, 1.82) is 0 Å². The Kier molecular flexibility index (Phi) is 3.19. The van der Waals surface area contributed by atoms with Gasteiger partial charge in [-0.05, 0) is 30.0 Å². The van der Waals surface area contributed by atoms with Crippen LogP contribution < -0.4 is 0 Å². The highest BCUT2D eigenvalue weighted by atomic mass is 16.3. The number of benzene rings is 2. The van der Waals surface area contributed by atoms with Crippen LogP contribution in [0.1, 0.15) is 30.9 Å². The van der Waals surface area contributed by atoms with Crippen LogP contribution in [0, 0.1) is 6.92 Å². The fourth-order valence-electron chi connectivity index (χ4n) is 2.11. The van der Waals surface area contributed by atoms with E-state index in [1.54, 1.807) is 6.07 Å². The number of aromatic hydroxyl groups is 1. The van der Waals surface area contributed by atoms with Crippen LogP contribution in [-0.4, -0.2) is 5.11 Å². The lowest BCUT2D eigenvalue weighted by atomic mass is 9.91. The predicted molar refractivity (Wildman–Crippen MR) is 72.4 cm³/mol. The van der Waals surface area contributed by atoms with Gasteiger partial charge < -0.3 is 5.11 Å². The second kappa shape index (κ2) is 4.62. The summed E-state index contributed by atoms with van der Waals surface area (Å²) in [5, 5.41) is 9.96. The van der Waals surface area contributed by atoms with Crippen molar-refractivity contribution in [3.63, 3.8) is 0 Å². The molecule has 0 unspecified atom stereocenters. The summed E-state index contributed by atoms with van der Waals surface area (Å²) in [5.41, 5.74) is 4.54. The number of aryl methyl sites for hydroxylation is 1. The van der Waals surface area contributed by atoms with E-state index in [2.05, 4.69) is 39.0 Å². The van der Waals surface area contributed by atoms with Crippen LogP contribution in [-0.2, 0) is 0 Å². The molecule has 1 N–H and O–H groups in total. The Hall–Kier alpha value is -1.76. The first-order valence-electron chi connectivity index (χ1n) is 5.98. The van der Waals surface area contributed by atoms with E-state index in [9.17, 15) is 5.11 Å². The molecule has 0 aromatic heterocycles. The molecule has 0 saturated carbocycles. The molecular weight excluding hydrogens is 208 g/mol. The van der Waals surface area contributed by atoms with Crippen molar-refractivity contribution < 1.29 is 5.11 Å². The molecule has 1 heteroatoms. The zero-order valence-electron chi connectivity index (χ0n) is 10.6. The van der Waals surface area contributed by atoms with Crippen LogP contribution in [0.5, 0.6) is 5.75 Å². The van der Waals surface area contributed by atoms with Crippen molar-refractivity contribution in [1.82, 2.24) is 0 Å². The Morgan fingerprint density at radius 2 is 1.65 bits per heavy atom. The SMILES string of the molecule is Cc1ccc(C(C)C)c(-c2ccccc2O)c1. The first-order chi connectivity index (χ1) is 8.09. The molecule has 0 spiro atoms. The molecule has 0 aliphatic carbocycles. The third kappa shape index (κ3) is 2.33. The van der Waals surface area contributed by atoms with Crippen LogP contribution >= 0.6 is 0 Å². The van der Waals surface area contributed by atoms with Crippen molar-refractivity contribution in [2.75, 3.05) is 0 Å². The van der Waals surface area contributed by atoms with E-state index < -0.39 is 0 Å². The Morgan fingerprint density at radius 3 is 2.29 bits per heavy atom. The van der Waals surface area contributed by atoms with Crippen molar-refractivity contribution in [3.05, 3.63) is 53.6 Å². The van der Waals surface area contributed by atoms with E-state index in [1.807, 2.05) is 18.2 Å². The third-order valence-electron chi connectivity index (χ3n) is 3.03. The largest absolute Gasteiger partial charge is 0.507 e. The van der Waals surface area contributed by atoms with Crippen LogP contribution in [0.2, 0.25) is 0 Å². The first-order valence-corrected chi connectivity index (χ1v) is 5.98. The summed E-state index contributed by atoms with van der Waals surface area (Å²) < 4.78 is 0. The molecule has 2 aromatic rings. The first kappa shape index (κ1) is 11.7. The van der Waals surface area contributed by atoms with Gasteiger partial charge in [0.25, 0.3) is 0 Å². The minimum Gasteiger partial charge on any atom is -0.507 e. The average molecular weight is 226 g/mol. The minimum atomic E-state index is 0.347. The highest BCUT2D eigenvalue weighted by molar-refractivity contribution is 5.74. The molecule has 2 aromatic carbocycles. The van der Waals surface area contributed by atoms with Gasteiger partial charge in [-0.25, -0.2) is 0 Å². The maximum absolute atomic E-state index is 9.96. The summed E-state index contributed by atoms with van der Waals surface area (Å²) in [6.07, 6.45) is 0. The number of hydrogen-bond acceptors (Lipinski definition) is 1. The third-order valence-corrected chi connectivity index (χ3v) is 3.03. The number of phenolic OH excluding ortho intramolecular Hbond substituents is 1. The summed E-state index contributed by atoms with van der Waals surface area (Å²) in [7, 11) is 0. The zero-order valence-corrected chi connectivity index (χ0v) is 10.6. The Bertz CT molecular complexity index is 527. The highest BCUT2D eigenvalue weighted by Crippen LogP contribution is 2.35. The van der Waals surface area contributed by atoms with Gasteiger partial charge in [-0.3, -0.25) is 0 Å². The quantitative estimate of drug-likeness (QED) is 0.799. The second-order valence-electron chi connectivity index (χ2n) is 4.76. The van der Waals surface area contributed by atoms with Crippen molar-refractivity contribution in [2.45, 2.75) is 26.7 Å². The van der Waals surface area contributed by atoms with Gasteiger partial charge in [0.05, 0.1) is 0 Å². The van der Waals surface area contributed by atoms with Gasteiger partial charge in [0.1, 0.15) is 5.75 Å². The minimum absolute atomic E-state index is 0.347. The van der Waals surface area contributed by atoms with Crippen LogP contribution in [0.15, 0.2) is 42.5 Å². The Morgan fingerprint density at radius 1 is 0.941 bits per heavy atom. The predicted octanol–water partition coefficient (Wildman–Crippen LogP) is 4.49. The van der Waals surface area contributed by atoms with E-state index in [-0.39, 0.29) is 0 Å². The molecule has 0 heterocycles. The summed E-state index contributed by atoms with van der Waals surface area (Å²) >= 11 is 0. The van der Waals surface area contributed by atoms with Crippen LogP contribution in [0.3, 0.4) is 0 Å². The molecule has 0 bridgehead atoms. The molecule has 0 amide bonds. The lowest BCUT2D eigenvalue weighted by Crippen LogP contribution is -1.93. The summed E-state index contributed by atoms with van der Waals surface area (Å²) in [6, 6.07) is 13.9. The molecule has 2 rings (SSSR count). The van der Waals surface area contributed by atoms with Gasteiger partial charge in [0, 0.05) is 5.56 Å². The number of rotatable bonds is 2. The average Bonchev–Trinajstić information content (AvgIpc) is 2.29. The summed E-state index contributed by atoms with van der Waals surface area (Å²) in [6.45, 7) is 6.43. The molecule has 1 nitrogen and oxygen atoms in total. The molecule has 0 saturated heterocycles. The fourth-order valence-corrected chi connectivity index (χ4v) is 2.11. The van der Waals surface area contributed by atoms with E-state index in [1.165, 1.54) is 11.1 Å². The smallest absolute Gasteiger partial charge is 0.123 e. The normalized spacial score (nSPS) is 10.8. The molecule has 0 atom stereocenters. The molecular formula is C16H18O. The topological polar surface area (TPSA) is 20.2 Å². The number of phenols is 1. The van der Waals surface area contributed by atoms with Gasteiger partial charge in [-0.1, -0.05) is 55.8 Å². The van der Waals surface area contributed by atoms with Gasteiger partial charge >= 0.3 is 0 Å². The van der Waals surface area contributed by atoms with Crippen molar-refractivity contribution >= 4 is 0 Å².